The molecule has 5 heteroatoms. The lowest BCUT2D eigenvalue weighted by atomic mass is 9.95. The van der Waals surface area contributed by atoms with Crippen molar-refractivity contribution in [2.45, 2.75) is 32.7 Å². The van der Waals surface area contributed by atoms with Gasteiger partial charge in [-0.1, -0.05) is 26.0 Å². The SMILES string of the molecule is CC(C)CC[C@H](c1ccc2cc[nH]c2c1)N1CCNCC1.Cl.Cl. The molecule has 3 nitrogen and oxygen atoms in total. The smallest absolute Gasteiger partial charge is 0.0457 e. The molecule has 2 heterocycles. The Labute approximate surface area is 152 Å². The van der Waals surface area contributed by atoms with E-state index < -0.39 is 0 Å². The third-order valence-electron chi connectivity index (χ3n) is 4.57. The fourth-order valence-electron chi connectivity index (χ4n) is 3.32. The molecule has 0 spiro atoms. The second-order valence-corrected chi connectivity index (χ2v) is 6.60. The van der Waals surface area contributed by atoms with Crippen molar-refractivity contribution in [2.24, 2.45) is 5.92 Å². The van der Waals surface area contributed by atoms with E-state index in [1.165, 1.54) is 29.3 Å². The summed E-state index contributed by atoms with van der Waals surface area (Å²) in [6.45, 7) is 9.19. The summed E-state index contributed by atoms with van der Waals surface area (Å²) < 4.78 is 0. The maximum Gasteiger partial charge on any atom is 0.0457 e. The highest BCUT2D eigenvalue weighted by Gasteiger charge is 2.22. The summed E-state index contributed by atoms with van der Waals surface area (Å²) in [5.41, 5.74) is 2.73. The molecule has 1 fully saturated rings. The number of piperazine rings is 1. The number of hydrogen-bond donors (Lipinski definition) is 2. The number of nitrogens with one attached hydrogen (secondary N) is 2. The molecule has 0 amide bonds. The lowest BCUT2D eigenvalue weighted by molar-refractivity contribution is 0.160. The first-order valence-corrected chi connectivity index (χ1v) is 8.26. The monoisotopic (exact) mass is 357 g/mol. The molecule has 1 aliphatic heterocycles. The third kappa shape index (κ3) is 5.12. The molecule has 1 aromatic carbocycles. The molecule has 1 aliphatic rings. The zero-order valence-electron chi connectivity index (χ0n) is 14.0. The molecule has 0 unspecified atom stereocenters. The van der Waals surface area contributed by atoms with Crippen LogP contribution in [0.15, 0.2) is 30.5 Å². The van der Waals surface area contributed by atoms with Gasteiger partial charge in [0.05, 0.1) is 0 Å². The zero-order chi connectivity index (χ0) is 14.7. The van der Waals surface area contributed by atoms with Gasteiger partial charge in [-0.15, -0.1) is 24.8 Å². The van der Waals surface area contributed by atoms with E-state index in [1.807, 2.05) is 6.20 Å². The van der Waals surface area contributed by atoms with Gasteiger partial charge in [-0.25, -0.2) is 0 Å². The Balaban J connectivity index is 0.00000132. The van der Waals surface area contributed by atoms with Gasteiger partial charge in [-0.05, 0) is 41.8 Å². The van der Waals surface area contributed by atoms with Gasteiger partial charge < -0.3 is 10.3 Å². The Morgan fingerprint density at radius 2 is 1.78 bits per heavy atom. The first kappa shape index (κ1) is 20.3. The number of halogens is 2. The standard InChI is InChI=1S/C18H27N3.2ClH/c1-14(2)3-6-18(21-11-9-19-10-12-21)16-5-4-15-7-8-20-17(15)13-16;;/h4-5,7-8,13-14,18-20H,3,6,9-12H2,1-2H3;2*1H/t18-;;/m1../s1. The van der Waals surface area contributed by atoms with Crippen LogP contribution in [0.5, 0.6) is 0 Å². The topological polar surface area (TPSA) is 31.1 Å². The molecule has 0 aliphatic carbocycles. The Bertz CT molecular complexity index is 576. The van der Waals surface area contributed by atoms with E-state index >= 15 is 0 Å². The number of aromatic amines is 1. The second kappa shape index (κ2) is 9.53. The van der Waals surface area contributed by atoms with Crippen LogP contribution in [0.2, 0.25) is 0 Å². The Kier molecular flexibility index (Phi) is 8.41. The summed E-state index contributed by atoms with van der Waals surface area (Å²) >= 11 is 0. The minimum Gasteiger partial charge on any atom is -0.361 e. The van der Waals surface area contributed by atoms with Crippen LogP contribution in [-0.2, 0) is 0 Å². The quantitative estimate of drug-likeness (QED) is 0.830. The maximum atomic E-state index is 3.46. The molecule has 1 atom stereocenters. The molecule has 2 N–H and O–H groups in total. The van der Waals surface area contributed by atoms with Crippen molar-refractivity contribution < 1.29 is 0 Å². The molecule has 130 valence electrons. The normalized spacial score (nSPS) is 16.8. The molecule has 0 saturated carbocycles. The van der Waals surface area contributed by atoms with Crippen LogP contribution >= 0.6 is 24.8 Å². The molecular formula is C18H29Cl2N3. The highest BCUT2D eigenvalue weighted by molar-refractivity contribution is 5.85. The third-order valence-corrected chi connectivity index (χ3v) is 4.57. The predicted octanol–water partition coefficient (Wildman–Crippen LogP) is 4.39. The first-order valence-electron chi connectivity index (χ1n) is 8.26. The average molecular weight is 358 g/mol. The lowest BCUT2D eigenvalue weighted by Gasteiger charge is -2.35. The molecule has 1 saturated heterocycles. The van der Waals surface area contributed by atoms with Gasteiger partial charge in [0.2, 0.25) is 0 Å². The van der Waals surface area contributed by atoms with Crippen LogP contribution in [0.25, 0.3) is 10.9 Å². The number of fused-ring (bicyclic) bond motifs is 1. The van der Waals surface area contributed by atoms with E-state index in [-0.39, 0.29) is 24.8 Å². The van der Waals surface area contributed by atoms with E-state index in [2.05, 4.69) is 53.3 Å². The van der Waals surface area contributed by atoms with Crippen molar-refractivity contribution in [3.63, 3.8) is 0 Å². The van der Waals surface area contributed by atoms with Crippen molar-refractivity contribution in [2.75, 3.05) is 26.2 Å². The van der Waals surface area contributed by atoms with Crippen molar-refractivity contribution >= 4 is 35.7 Å². The Morgan fingerprint density at radius 3 is 2.48 bits per heavy atom. The largest absolute Gasteiger partial charge is 0.361 e. The second-order valence-electron chi connectivity index (χ2n) is 6.60. The Morgan fingerprint density at radius 1 is 1.04 bits per heavy atom. The molecule has 2 aromatic rings. The maximum absolute atomic E-state index is 3.46. The Hall–Kier alpha value is -0.740. The van der Waals surface area contributed by atoms with Crippen molar-refractivity contribution in [1.29, 1.82) is 0 Å². The van der Waals surface area contributed by atoms with Crippen LogP contribution in [0.1, 0.15) is 38.3 Å². The van der Waals surface area contributed by atoms with Crippen LogP contribution in [-0.4, -0.2) is 36.1 Å². The summed E-state index contributed by atoms with van der Waals surface area (Å²) in [5, 5.41) is 4.77. The fraction of sp³-hybridized carbons (Fsp3) is 0.556. The van der Waals surface area contributed by atoms with E-state index in [0.29, 0.717) is 6.04 Å². The van der Waals surface area contributed by atoms with Gasteiger partial charge in [0.15, 0.2) is 0 Å². The van der Waals surface area contributed by atoms with Gasteiger partial charge in [0, 0.05) is 43.9 Å². The van der Waals surface area contributed by atoms with Crippen molar-refractivity contribution in [1.82, 2.24) is 15.2 Å². The number of hydrogen-bond acceptors (Lipinski definition) is 2. The summed E-state index contributed by atoms with van der Waals surface area (Å²) in [5.74, 6) is 0.768. The molecule has 1 aromatic heterocycles. The molecule has 0 radical (unpaired) electrons. The van der Waals surface area contributed by atoms with Gasteiger partial charge in [-0.3, -0.25) is 4.90 Å². The number of H-pyrrole nitrogens is 1. The fourth-order valence-corrected chi connectivity index (χ4v) is 3.32. The molecular weight excluding hydrogens is 329 g/mol. The summed E-state index contributed by atoms with van der Waals surface area (Å²) in [6.07, 6.45) is 4.57. The van der Waals surface area contributed by atoms with Gasteiger partial charge in [0.1, 0.15) is 0 Å². The van der Waals surface area contributed by atoms with Crippen LogP contribution < -0.4 is 5.32 Å². The van der Waals surface area contributed by atoms with Crippen LogP contribution in [0.3, 0.4) is 0 Å². The molecule has 0 bridgehead atoms. The highest BCUT2D eigenvalue weighted by Crippen LogP contribution is 2.29. The number of benzene rings is 1. The minimum atomic E-state index is 0. The van der Waals surface area contributed by atoms with E-state index in [4.69, 9.17) is 0 Å². The van der Waals surface area contributed by atoms with Crippen LogP contribution in [0, 0.1) is 5.92 Å². The van der Waals surface area contributed by atoms with E-state index in [1.54, 1.807) is 0 Å². The van der Waals surface area contributed by atoms with E-state index in [9.17, 15) is 0 Å². The van der Waals surface area contributed by atoms with Gasteiger partial charge in [0.25, 0.3) is 0 Å². The van der Waals surface area contributed by atoms with Crippen molar-refractivity contribution in [3.05, 3.63) is 36.0 Å². The number of rotatable bonds is 5. The molecule has 3 rings (SSSR count). The average Bonchev–Trinajstić information content (AvgIpc) is 2.96. The highest BCUT2D eigenvalue weighted by atomic mass is 35.5. The molecule has 23 heavy (non-hydrogen) atoms. The number of nitrogens with zero attached hydrogens (tertiary/aromatic N) is 1. The van der Waals surface area contributed by atoms with Gasteiger partial charge >= 0.3 is 0 Å². The van der Waals surface area contributed by atoms with Gasteiger partial charge in [-0.2, -0.15) is 0 Å². The van der Waals surface area contributed by atoms with Crippen molar-refractivity contribution in [3.8, 4) is 0 Å². The summed E-state index contributed by atoms with van der Waals surface area (Å²) in [7, 11) is 0. The lowest BCUT2D eigenvalue weighted by Crippen LogP contribution is -2.45. The minimum absolute atomic E-state index is 0. The van der Waals surface area contributed by atoms with Crippen LogP contribution in [0.4, 0.5) is 0 Å². The summed E-state index contributed by atoms with van der Waals surface area (Å²) in [4.78, 5) is 6.01. The predicted molar refractivity (Wildman–Crippen MR) is 104 cm³/mol. The zero-order valence-corrected chi connectivity index (χ0v) is 15.7. The number of aromatic nitrogens is 1. The first-order chi connectivity index (χ1) is 10.2. The van der Waals surface area contributed by atoms with E-state index in [0.717, 1.165) is 32.1 Å². The summed E-state index contributed by atoms with van der Waals surface area (Å²) in [6, 6.07) is 9.63.